The van der Waals surface area contributed by atoms with Gasteiger partial charge in [-0.3, -0.25) is 5.43 Å². The fraction of sp³-hybridized carbons (Fsp3) is 0.235. The van der Waals surface area contributed by atoms with Crippen LogP contribution in [0.4, 0.5) is 5.82 Å². The van der Waals surface area contributed by atoms with E-state index in [1.807, 2.05) is 25.1 Å². The van der Waals surface area contributed by atoms with Crippen LogP contribution in [0.3, 0.4) is 0 Å². The first kappa shape index (κ1) is 13.4. The predicted molar refractivity (Wildman–Crippen MR) is 91.7 cm³/mol. The molecular formula is C17H16N4S. The van der Waals surface area contributed by atoms with E-state index in [9.17, 15) is 0 Å². The number of rotatable bonds is 3. The maximum Gasteiger partial charge on any atom is 0.158 e. The normalized spacial score (nSPS) is 14.3. The van der Waals surface area contributed by atoms with E-state index >= 15 is 0 Å². The van der Waals surface area contributed by atoms with Crippen molar-refractivity contribution < 1.29 is 0 Å². The number of hydrogen-bond acceptors (Lipinski definition) is 5. The molecule has 0 radical (unpaired) electrons. The zero-order valence-corrected chi connectivity index (χ0v) is 13.2. The van der Waals surface area contributed by atoms with Crippen LogP contribution in [0.1, 0.15) is 29.3 Å². The van der Waals surface area contributed by atoms with Crippen molar-refractivity contribution in [1.82, 2.24) is 9.97 Å². The lowest BCUT2D eigenvalue weighted by Crippen LogP contribution is -2.01. The van der Waals surface area contributed by atoms with Gasteiger partial charge in [0.1, 0.15) is 11.2 Å². The van der Waals surface area contributed by atoms with Gasteiger partial charge in [-0.25, -0.2) is 9.97 Å². The monoisotopic (exact) mass is 308 g/mol. The number of anilines is 1. The molecule has 1 aromatic carbocycles. The van der Waals surface area contributed by atoms with Gasteiger partial charge in [0.05, 0.1) is 11.1 Å². The van der Waals surface area contributed by atoms with Gasteiger partial charge < -0.3 is 0 Å². The summed E-state index contributed by atoms with van der Waals surface area (Å²) >= 11 is 1.79. The van der Waals surface area contributed by atoms with Gasteiger partial charge in [-0.05, 0) is 37.3 Å². The van der Waals surface area contributed by atoms with Gasteiger partial charge >= 0.3 is 0 Å². The highest BCUT2D eigenvalue weighted by Gasteiger charge is 2.20. The zero-order valence-electron chi connectivity index (χ0n) is 12.3. The molecule has 0 fully saturated rings. The van der Waals surface area contributed by atoms with E-state index in [4.69, 9.17) is 0 Å². The summed E-state index contributed by atoms with van der Waals surface area (Å²) in [6, 6.07) is 10.1. The summed E-state index contributed by atoms with van der Waals surface area (Å²) < 4.78 is 0. The van der Waals surface area contributed by atoms with Crippen LogP contribution < -0.4 is 5.43 Å². The SMILES string of the molecule is C/C(=N/Nc1ncnc2sc3c(c12)CCC3)c1ccccc1. The van der Waals surface area contributed by atoms with Crippen LogP contribution in [-0.4, -0.2) is 15.7 Å². The van der Waals surface area contributed by atoms with E-state index in [0.29, 0.717) is 0 Å². The summed E-state index contributed by atoms with van der Waals surface area (Å²) in [5.41, 5.74) is 6.61. The lowest BCUT2D eigenvalue weighted by Gasteiger charge is -2.05. The van der Waals surface area contributed by atoms with Gasteiger partial charge in [0, 0.05) is 4.88 Å². The molecular weight excluding hydrogens is 292 g/mol. The molecule has 0 unspecified atom stereocenters. The predicted octanol–water partition coefficient (Wildman–Crippen LogP) is 4.02. The van der Waals surface area contributed by atoms with Crippen LogP contribution in [0.5, 0.6) is 0 Å². The van der Waals surface area contributed by atoms with Gasteiger partial charge in [0.2, 0.25) is 0 Å². The zero-order chi connectivity index (χ0) is 14.9. The molecule has 0 bridgehead atoms. The molecule has 22 heavy (non-hydrogen) atoms. The molecule has 0 amide bonds. The Balaban J connectivity index is 1.70. The van der Waals surface area contributed by atoms with Crippen LogP contribution in [0.2, 0.25) is 0 Å². The van der Waals surface area contributed by atoms with Crippen molar-refractivity contribution in [3.05, 3.63) is 52.7 Å². The summed E-state index contributed by atoms with van der Waals surface area (Å²) in [5, 5.41) is 5.66. The number of nitrogens with one attached hydrogen (secondary N) is 1. The van der Waals surface area contributed by atoms with Crippen molar-refractivity contribution in [2.24, 2.45) is 5.10 Å². The minimum Gasteiger partial charge on any atom is -0.260 e. The van der Waals surface area contributed by atoms with E-state index in [2.05, 4.69) is 32.6 Å². The first-order chi connectivity index (χ1) is 10.8. The Morgan fingerprint density at radius 2 is 2.05 bits per heavy atom. The molecule has 0 saturated carbocycles. The Morgan fingerprint density at radius 3 is 2.91 bits per heavy atom. The number of benzene rings is 1. The molecule has 3 aromatic rings. The molecule has 0 saturated heterocycles. The second-order valence-electron chi connectivity index (χ2n) is 5.43. The first-order valence-electron chi connectivity index (χ1n) is 7.44. The topological polar surface area (TPSA) is 50.2 Å². The molecule has 0 aliphatic heterocycles. The fourth-order valence-corrected chi connectivity index (χ4v) is 4.12. The third kappa shape index (κ3) is 2.27. The average Bonchev–Trinajstić information content (AvgIpc) is 3.14. The Labute approximate surface area is 132 Å². The maximum atomic E-state index is 4.50. The van der Waals surface area contributed by atoms with Crippen LogP contribution in [0.15, 0.2) is 41.8 Å². The maximum absolute atomic E-state index is 4.50. The minimum atomic E-state index is 0.819. The van der Waals surface area contributed by atoms with Crippen LogP contribution in [0.25, 0.3) is 10.2 Å². The third-order valence-corrected chi connectivity index (χ3v) is 5.22. The van der Waals surface area contributed by atoms with Crippen molar-refractivity contribution in [2.45, 2.75) is 26.2 Å². The fourth-order valence-electron chi connectivity index (χ4n) is 2.89. The smallest absolute Gasteiger partial charge is 0.158 e. The van der Waals surface area contributed by atoms with Crippen molar-refractivity contribution in [3.8, 4) is 0 Å². The van der Waals surface area contributed by atoms with E-state index in [0.717, 1.165) is 33.7 Å². The average molecular weight is 308 g/mol. The molecule has 4 rings (SSSR count). The van der Waals surface area contributed by atoms with Crippen molar-refractivity contribution >= 4 is 33.1 Å². The van der Waals surface area contributed by atoms with Gasteiger partial charge in [-0.1, -0.05) is 30.3 Å². The summed E-state index contributed by atoms with van der Waals surface area (Å²) in [6.07, 6.45) is 5.14. The van der Waals surface area contributed by atoms with Gasteiger partial charge in [0.15, 0.2) is 5.82 Å². The Hall–Kier alpha value is -2.27. The summed E-state index contributed by atoms with van der Waals surface area (Å²) in [6.45, 7) is 2.00. The van der Waals surface area contributed by atoms with E-state index in [-0.39, 0.29) is 0 Å². The lowest BCUT2D eigenvalue weighted by atomic mass is 10.1. The van der Waals surface area contributed by atoms with Crippen molar-refractivity contribution in [3.63, 3.8) is 0 Å². The molecule has 0 spiro atoms. The number of aryl methyl sites for hydroxylation is 2. The highest BCUT2D eigenvalue weighted by Crippen LogP contribution is 2.38. The van der Waals surface area contributed by atoms with Crippen LogP contribution in [0, 0.1) is 0 Å². The van der Waals surface area contributed by atoms with Gasteiger partial charge in [-0.15, -0.1) is 11.3 Å². The van der Waals surface area contributed by atoms with Gasteiger partial charge in [-0.2, -0.15) is 5.10 Å². The second kappa shape index (κ2) is 5.50. The quantitative estimate of drug-likeness (QED) is 0.587. The molecule has 1 aliphatic rings. The van der Waals surface area contributed by atoms with E-state index < -0.39 is 0 Å². The molecule has 5 heteroatoms. The summed E-state index contributed by atoms with van der Waals surface area (Å²) in [4.78, 5) is 11.3. The highest BCUT2D eigenvalue weighted by molar-refractivity contribution is 7.19. The second-order valence-corrected chi connectivity index (χ2v) is 6.52. The highest BCUT2D eigenvalue weighted by atomic mass is 32.1. The number of fused-ring (bicyclic) bond motifs is 3. The Bertz CT molecular complexity index is 852. The molecule has 4 nitrogen and oxygen atoms in total. The lowest BCUT2D eigenvalue weighted by molar-refractivity contribution is 0.917. The molecule has 2 aromatic heterocycles. The number of hydrazone groups is 1. The largest absolute Gasteiger partial charge is 0.260 e. The summed E-state index contributed by atoms with van der Waals surface area (Å²) in [5.74, 6) is 0.819. The van der Waals surface area contributed by atoms with Crippen LogP contribution >= 0.6 is 11.3 Å². The number of aromatic nitrogens is 2. The van der Waals surface area contributed by atoms with Crippen molar-refractivity contribution in [2.75, 3.05) is 5.43 Å². The number of thiophene rings is 1. The number of nitrogens with zero attached hydrogens (tertiary/aromatic N) is 3. The van der Waals surface area contributed by atoms with Crippen molar-refractivity contribution in [1.29, 1.82) is 0 Å². The third-order valence-electron chi connectivity index (χ3n) is 4.02. The molecule has 110 valence electrons. The molecule has 2 heterocycles. The Kier molecular flexibility index (Phi) is 3.35. The Morgan fingerprint density at radius 1 is 1.18 bits per heavy atom. The summed E-state index contributed by atoms with van der Waals surface area (Å²) in [7, 11) is 0. The molecule has 1 N–H and O–H groups in total. The minimum absolute atomic E-state index is 0.819. The van der Waals surface area contributed by atoms with E-state index in [1.165, 1.54) is 23.3 Å². The first-order valence-corrected chi connectivity index (χ1v) is 8.25. The number of hydrogen-bond donors (Lipinski definition) is 1. The molecule has 1 aliphatic carbocycles. The van der Waals surface area contributed by atoms with Crippen LogP contribution in [-0.2, 0) is 12.8 Å². The van der Waals surface area contributed by atoms with E-state index in [1.54, 1.807) is 17.7 Å². The molecule has 0 atom stereocenters. The van der Waals surface area contributed by atoms with Gasteiger partial charge in [0.25, 0.3) is 0 Å². The standard InChI is InChI=1S/C17H16N4S/c1-11(12-6-3-2-4-7-12)20-21-16-15-13-8-5-9-14(13)22-17(15)19-10-18-16/h2-4,6-7,10H,5,8-9H2,1H3,(H,18,19,21)/b20-11-.